The molecular weight excluding hydrogens is 292 g/mol. The molecule has 1 saturated carbocycles. The molecule has 4 N–H and O–H groups in total. The monoisotopic (exact) mass is 308 g/mol. The summed E-state index contributed by atoms with van der Waals surface area (Å²) in [6, 6.07) is 6.03. The van der Waals surface area contributed by atoms with E-state index in [1.807, 2.05) is 0 Å². The molecule has 7 nitrogen and oxygen atoms in total. The predicted molar refractivity (Wildman–Crippen MR) is 76.5 cm³/mol. The van der Waals surface area contributed by atoms with Gasteiger partial charge in [0.15, 0.2) is 0 Å². The number of nitriles is 1. The third-order valence-corrected chi connectivity index (χ3v) is 4.52. The summed E-state index contributed by atoms with van der Waals surface area (Å²) in [5.41, 5.74) is 5.81. The van der Waals surface area contributed by atoms with E-state index in [0.29, 0.717) is 5.69 Å². The van der Waals surface area contributed by atoms with Gasteiger partial charge in [-0.05, 0) is 31.0 Å². The van der Waals surface area contributed by atoms with Crippen LogP contribution in [0.4, 0.5) is 5.69 Å². The predicted octanol–water partition coefficient (Wildman–Crippen LogP) is 0.0875. The minimum absolute atomic E-state index is 0.0177. The van der Waals surface area contributed by atoms with Gasteiger partial charge in [-0.2, -0.15) is 5.26 Å². The highest BCUT2D eigenvalue weighted by Crippen LogP contribution is 2.19. The van der Waals surface area contributed by atoms with Crippen molar-refractivity contribution in [2.24, 2.45) is 0 Å². The summed E-state index contributed by atoms with van der Waals surface area (Å²) in [6.07, 6.45) is 2.02. The van der Waals surface area contributed by atoms with Crippen LogP contribution in [-0.4, -0.2) is 26.9 Å². The van der Waals surface area contributed by atoms with Crippen molar-refractivity contribution < 1.29 is 13.2 Å². The van der Waals surface area contributed by atoms with Crippen LogP contribution in [0.5, 0.6) is 0 Å². The Bertz CT molecular complexity index is 690. The number of sulfonamides is 1. The van der Waals surface area contributed by atoms with Crippen LogP contribution in [0.1, 0.15) is 24.8 Å². The van der Waals surface area contributed by atoms with Gasteiger partial charge in [0.2, 0.25) is 15.9 Å². The third kappa shape index (κ3) is 4.18. The number of amides is 1. The first-order valence-electron chi connectivity index (χ1n) is 6.51. The first-order chi connectivity index (χ1) is 9.92. The summed E-state index contributed by atoms with van der Waals surface area (Å²) in [5.74, 6) is -0.182. The summed E-state index contributed by atoms with van der Waals surface area (Å²) in [7, 11) is -3.84. The van der Waals surface area contributed by atoms with Crippen molar-refractivity contribution in [3.63, 3.8) is 0 Å². The van der Waals surface area contributed by atoms with Crippen molar-refractivity contribution in [3.05, 3.63) is 23.8 Å². The maximum absolute atomic E-state index is 12.1. The minimum Gasteiger partial charge on any atom is -0.399 e. The highest BCUT2D eigenvalue weighted by atomic mass is 32.2. The number of nitrogens with zero attached hydrogens (tertiary/aromatic N) is 1. The Labute approximate surface area is 123 Å². The minimum atomic E-state index is -3.84. The van der Waals surface area contributed by atoms with E-state index in [1.165, 1.54) is 18.2 Å². The maximum Gasteiger partial charge on any atom is 0.241 e. The zero-order chi connectivity index (χ0) is 15.5. The smallest absolute Gasteiger partial charge is 0.241 e. The number of benzene rings is 1. The van der Waals surface area contributed by atoms with Gasteiger partial charge in [-0.1, -0.05) is 0 Å². The number of nitrogens with two attached hydrogens (primary N) is 1. The van der Waals surface area contributed by atoms with Gasteiger partial charge in [0, 0.05) is 24.7 Å². The molecule has 0 saturated heterocycles. The second-order valence-electron chi connectivity index (χ2n) is 4.86. The van der Waals surface area contributed by atoms with E-state index in [4.69, 9.17) is 11.0 Å². The van der Waals surface area contributed by atoms with E-state index >= 15 is 0 Å². The highest BCUT2D eigenvalue weighted by Gasteiger charge is 2.23. The van der Waals surface area contributed by atoms with Gasteiger partial charge in [-0.25, -0.2) is 13.1 Å². The zero-order valence-electron chi connectivity index (χ0n) is 11.3. The molecule has 1 amide bonds. The Morgan fingerprint density at radius 1 is 1.43 bits per heavy atom. The average molecular weight is 308 g/mol. The number of nitrogens with one attached hydrogen (secondary N) is 2. The first-order valence-corrected chi connectivity index (χ1v) is 7.99. The Kier molecular flexibility index (Phi) is 4.45. The van der Waals surface area contributed by atoms with Crippen LogP contribution in [0.3, 0.4) is 0 Å². The Balaban J connectivity index is 1.98. The molecule has 0 atom stereocenters. The highest BCUT2D eigenvalue weighted by molar-refractivity contribution is 7.89. The van der Waals surface area contributed by atoms with E-state index in [0.717, 1.165) is 12.8 Å². The fourth-order valence-corrected chi connectivity index (χ4v) is 2.94. The molecular formula is C13H16N4O3S. The van der Waals surface area contributed by atoms with Gasteiger partial charge in [0.25, 0.3) is 0 Å². The van der Waals surface area contributed by atoms with Crippen molar-refractivity contribution in [2.45, 2.75) is 30.2 Å². The van der Waals surface area contributed by atoms with E-state index in [-0.39, 0.29) is 35.4 Å². The second kappa shape index (κ2) is 6.11. The average Bonchev–Trinajstić information content (AvgIpc) is 3.21. The van der Waals surface area contributed by atoms with Crippen molar-refractivity contribution in [1.82, 2.24) is 10.0 Å². The molecule has 0 heterocycles. The fraction of sp³-hybridized carbons (Fsp3) is 0.385. The molecule has 0 unspecified atom stereocenters. The standard InChI is InChI=1S/C13H16N4O3S/c14-8-9-7-10(15)1-4-12(9)21(19,20)16-6-5-13(18)17-11-2-3-11/h1,4,7,11,16H,2-3,5-6,15H2,(H,17,18). The molecule has 8 heteroatoms. The molecule has 112 valence electrons. The largest absolute Gasteiger partial charge is 0.399 e. The summed E-state index contributed by atoms with van der Waals surface area (Å²) < 4.78 is 26.5. The summed E-state index contributed by atoms with van der Waals surface area (Å²) in [6.45, 7) is -0.0177. The fourth-order valence-electron chi connectivity index (χ4n) is 1.77. The van der Waals surface area contributed by atoms with E-state index in [1.54, 1.807) is 6.07 Å². The topological polar surface area (TPSA) is 125 Å². The number of hydrogen-bond acceptors (Lipinski definition) is 5. The Morgan fingerprint density at radius 3 is 2.76 bits per heavy atom. The zero-order valence-corrected chi connectivity index (χ0v) is 12.1. The van der Waals surface area contributed by atoms with Gasteiger partial charge in [0.1, 0.15) is 6.07 Å². The van der Waals surface area contributed by atoms with Crippen molar-refractivity contribution in [1.29, 1.82) is 5.26 Å². The molecule has 1 fully saturated rings. The molecule has 0 radical (unpaired) electrons. The second-order valence-corrected chi connectivity index (χ2v) is 6.59. The normalized spacial score (nSPS) is 14.4. The summed E-state index contributed by atoms with van der Waals surface area (Å²) in [5, 5.41) is 11.7. The lowest BCUT2D eigenvalue weighted by atomic mass is 10.2. The lowest BCUT2D eigenvalue weighted by Crippen LogP contribution is -2.32. The molecule has 0 spiro atoms. The third-order valence-electron chi connectivity index (χ3n) is 3.00. The molecule has 0 aliphatic heterocycles. The van der Waals surface area contributed by atoms with Crippen LogP contribution < -0.4 is 15.8 Å². The molecule has 1 aliphatic carbocycles. The van der Waals surface area contributed by atoms with Crippen LogP contribution in [0.2, 0.25) is 0 Å². The maximum atomic E-state index is 12.1. The van der Waals surface area contributed by atoms with Gasteiger partial charge < -0.3 is 11.1 Å². The molecule has 2 rings (SSSR count). The number of carbonyl (C=O) groups is 1. The molecule has 0 aromatic heterocycles. The van der Waals surface area contributed by atoms with Crippen LogP contribution in [-0.2, 0) is 14.8 Å². The molecule has 1 aliphatic rings. The Morgan fingerprint density at radius 2 is 2.14 bits per heavy atom. The summed E-state index contributed by atoms with van der Waals surface area (Å²) >= 11 is 0. The van der Waals surface area contributed by atoms with Crippen molar-refractivity contribution in [2.75, 3.05) is 12.3 Å². The van der Waals surface area contributed by atoms with Crippen LogP contribution in [0.25, 0.3) is 0 Å². The molecule has 21 heavy (non-hydrogen) atoms. The van der Waals surface area contributed by atoms with Gasteiger partial charge in [-0.3, -0.25) is 4.79 Å². The quantitative estimate of drug-likeness (QED) is 0.642. The number of hydrogen-bond donors (Lipinski definition) is 3. The number of nitrogen functional groups attached to an aromatic ring is 1. The van der Waals surface area contributed by atoms with Crippen LogP contribution in [0, 0.1) is 11.3 Å². The van der Waals surface area contributed by atoms with Crippen molar-refractivity contribution >= 4 is 21.6 Å². The van der Waals surface area contributed by atoms with E-state index in [2.05, 4.69) is 10.0 Å². The summed E-state index contributed by atoms with van der Waals surface area (Å²) in [4.78, 5) is 11.3. The lowest BCUT2D eigenvalue weighted by molar-refractivity contribution is -0.121. The first kappa shape index (κ1) is 15.3. The van der Waals surface area contributed by atoms with Gasteiger partial charge in [-0.15, -0.1) is 0 Å². The molecule has 1 aromatic rings. The van der Waals surface area contributed by atoms with E-state index in [9.17, 15) is 13.2 Å². The number of anilines is 1. The molecule has 0 bridgehead atoms. The van der Waals surface area contributed by atoms with Crippen LogP contribution >= 0.6 is 0 Å². The van der Waals surface area contributed by atoms with Crippen molar-refractivity contribution in [3.8, 4) is 6.07 Å². The van der Waals surface area contributed by atoms with Gasteiger partial charge in [0.05, 0.1) is 10.5 Å². The molecule has 1 aromatic carbocycles. The van der Waals surface area contributed by atoms with Crippen LogP contribution in [0.15, 0.2) is 23.1 Å². The Hall–Kier alpha value is -2.11. The van der Waals surface area contributed by atoms with E-state index < -0.39 is 10.0 Å². The number of carbonyl (C=O) groups excluding carboxylic acids is 1. The lowest BCUT2D eigenvalue weighted by Gasteiger charge is -2.09. The van der Waals surface area contributed by atoms with Gasteiger partial charge >= 0.3 is 0 Å². The number of rotatable bonds is 6. The SMILES string of the molecule is N#Cc1cc(N)ccc1S(=O)(=O)NCCC(=O)NC1CC1.